The molecule has 1 aliphatic carbocycles. The van der Waals surface area contributed by atoms with Crippen LogP contribution < -0.4 is 0 Å². The second kappa shape index (κ2) is 2.76. The van der Waals surface area contributed by atoms with Gasteiger partial charge < -0.3 is 9.84 Å². The fraction of sp³-hybridized carbons (Fsp3) is 1.00. The highest BCUT2D eigenvalue weighted by Crippen LogP contribution is 2.39. The lowest BCUT2D eigenvalue weighted by Gasteiger charge is -2.36. The minimum atomic E-state index is -0.0955. The lowest BCUT2D eigenvalue weighted by atomic mass is 9.90. The second-order valence-corrected chi connectivity index (χ2v) is 3.89. The molecule has 0 unspecified atom stereocenters. The van der Waals surface area contributed by atoms with Crippen LogP contribution in [-0.4, -0.2) is 23.4 Å². The Morgan fingerprint density at radius 3 is 2.64 bits per heavy atom. The molecule has 1 saturated heterocycles. The van der Waals surface area contributed by atoms with E-state index in [1.165, 1.54) is 25.7 Å². The van der Waals surface area contributed by atoms with Crippen LogP contribution in [0.4, 0.5) is 0 Å². The highest BCUT2D eigenvalue weighted by molar-refractivity contribution is 4.90. The van der Waals surface area contributed by atoms with E-state index >= 15 is 0 Å². The molecule has 1 atom stereocenters. The van der Waals surface area contributed by atoms with Gasteiger partial charge in [-0.25, -0.2) is 0 Å². The normalized spacial score (nSPS) is 36.3. The number of hydrogen-bond donors (Lipinski definition) is 1. The van der Waals surface area contributed by atoms with Gasteiger partial charge in [0.1, 0.15) is 0 Å². The van der Waals surface area contributed by atoms with E-state index in [0.717, 1.165) is 19.4 Å². The Balaban J connectivity index is 2.00. The van der Waals surface area contributed by atoms with Gasteiger partial charge in [-0.1, -0.05) is 12.8 Å². The lowest BCUT2D eigenvalue weighted by molar-refractivity contribution is -0.113. The third-order valence-corrected chi connectivity index (χ3v) is 2.98. The summed E-state index contributed by atoms with van der Waals surface area (Å²) in [6.45, 7) is 0.765. The van der Waals surface area contributed by atoms with Gasteiger partial charge in [0, 0.05) is 13.0 Å². The Labute approximate surface area is 67.6 Å². The highest BCUT2D eigenvalue weighted by atomic mass is 16.5. The monoisotopic (exact) mass is 156 g/mol. The van der Waals surface area contributed by atoms with E-state index in [1.54, 1.807) is 0 Å². The molecule has 2 aliphatic rings. The molecule has 1 N–H and O–H groups in total. The zero-order chi connectivity index (χ0) is 7.73. The fourth-order valence-corrected chi connectivity index (χ4v) is 2.37. The van der Waals surface area contributed by atoms with Crippen LogP contribution in [0, 0.1) is 0 Å². The van der Waals surface area contributed by atoms with Crippen LogP contribution in [-0.2, 0) is 4.74 Å². The van der Waals surface area contributed by atoms with E-state index in [9.17, 15) is 5.11 Å². The van der Waals surface area contributed by atoms with E-state index in [0.29, 0.717) is 0 Å². The molecule has 2 rings (SSSR count). The Morgan fingerprint density at radius 2 is 2.00 bits per heavy atom. The highest BCUT2D eigenvalue weighted by Gasteiger charge is 2.39. The Bertz CT molecular complexity index is 138. The van der Waals surface area contributed by atoms with E-state index in [4.69, 9.17) is 4.74 Å². The van der Waals surface area contributed by atoms with Gasteiger partial charge in [-0.05, 0) is 19.3 Å². The van der Waals surface area contributed by atoms with Crippen LogP contribution in [0.3, 0.4) is 0 Å². The largest absolute Gasteiger partial charge is 0.393 e. The zero-order valence-corrected chi connectivity index (χ0v) is 6.88. The molecule has 0 radical (unpaired) electrons. The van der Waals surface area contributed by atoms with Crippen LogP contribution in [0.15, 0.2) is 0 Å². The smallest absolute Gasteiger partial charge is 0.0707 e. The van der Waals surface area contributed by atoms with Crippen molar-refractivity contribution in [3.8, 4) is 0 Å². The number of rotatable bonds is 0. The maximum Gasteiger partial charge on any atom is 0.0707 e. The van der Waals surface area contributed by atoms with Gasteiger partial charge in [-0.15, -0.1) is 0 Å². The van der Waals surface area contributed by atoms with Crippen molar-refractivity contribution in [2.75, 3.05) is 6.61 Å². The first-order valence-corrected chi connectivity index (χ1v) is 4.63. The SMILES string of the molecule is O[C@H]1CCOC2(CCCC2)C1. The second-order valence-electron chi connectivity index (χ2n) is 3.89. The molecule has 2 fully saturated rings. The third kappa shape index (κ3) is 1.42. The standard InChI is InChI=1S/C9H16O2/c10-8-3-6-11-9(7-8)4-1-2-5-9/h8,10H,1-7H2/t8-/m0/s1. The van der Waals surface area contributed by atoms with Gasteiger partial charge in [0.15, 0.2) is 0 Å². The summed E-state index contributed by atoms with van der Waals surface area (Å²) in [5.41, 5.74) is 0.0949. The van der Waals surface area contributed by atoms with Gasteiger partial charge in [0.25, 0.3) is 0 Å². The third-order valence-electron chi connectivity index (χ3n) is 2.98. The topological polar surface area (TPSA) is 29.5 Å². The van der Waals surface area contributed by atoms with Crippen LogP contribution in [0.1, 0.15) is 38.5 Å². The molecule has 11 heavy (non-hydrogen) atoms. The Hall–Kier alpha value is -0.0800. The van der Waals surface area contributed by atoms with E-state index in [-0.39, 0.29) is 11.7 Å². The van der Waals surface area contributed by atoms with Crippen molar-refractivity contribution < 1.29 is 9.84 Å². The molecule has 0 aromatic carbocycles. The molecule has 1 saturated carbocycles. The summed E-state index contributed by atoms with van der Waals surface area (Å²) in [4.78, 5) is 0. The van der Waals surface area contributed by atoms with E-state index in [2.05, 4.69) is 0 Å². The van der Waals surface area contributed by atoms with Crippen molar-refractivity contribution in [2.24, 2.45) is 0 Å². The van der Waals surface area contributed by atoms with Crippen LogP contribution in [0.5, 0.6) is 0 Å². The zero-order valence-electron chi connectivity index (χ0n) is 6.88. The minimum absolute atomic E-state index is 0.0949. The summed E-state index contributed by atoms with van der Waals surface area (Å²) in [5.74, 6) is 0. The number of aliphatic hydroxyl groups is 1. The molecule has 1 heterocycles. The maximum atomic E-state index is 9.45. The first-order valence-electron chi connectivity index (χ1n) is 4.63. The quantitative estimate of drug-likeness (QED) is 0.575. The van der Waals surface area contributed by atoms with Crippen LogP contribution in [0.2, 0.25) is 0 Å². The first kappa shape index (κ1) is 7.56. The summed E-state index contributed by atoms with van der Waals surface area (Å²) >= 11 is 0. The van der Waals surface area contributed by atoms with E-state index in [1.807, 2.05) is 0 Å². The molecule has 1 spiro atoms. The summed E-state index contributed by atoms with van der Waals surface area (Å²) in [6, 6.07) is 0. The average molecular weight is 156 g/mol. The lowest BCUT2D eigenvalue weighted by Crippen LogP contribution is -2.39. The molecule has 2 nitrogen and oxygen atoms in total. The first-order chi connectivity index (χ1) is 5.31. The fourth-order valence-electron chi connectivity index (χ4n) is 2.37. The van der Waals surface area contributed by atoms with Crippen molar-refractivity contribution >= 4 is 0 Å². The van der Waals surface area contributed by atoms with Gasteiger partial charge in [0.2, 0.25) is 0 Å². The molecule has 0 amide bonds. The number of hydrogen-bond acceptors (Lipinski definition) is 2. The van der Waals surface area contributed by atoms with Gasteiger partial charge in [-0.3, -0.25) is 0 Å². The van der Waals surface area contributed by atoms with Gasteiger partial charge in [-0.2, -0.15) is 0 Å². The van der Waals surface area contributed by atoms with Crippen molar-refractivity contribution in [3.63, 3.8) is 0 Å². The molecule has 64 valence electrons. The van der Waals surface area contributed by atoms with E-state index < -0.39 is 0 Å². The van der Waals surface area contributed by atoms with Gasteiger partial charge in [0.05, 0.1) is 11.7 Å². The van der Waals surface area contributed by atoms with Crippen LogP contribution in [0.25, 0.3) is 0 Å². The van der Waals surface area contributed by atoms with Crippen molar-refractivity contribution in [1.82, 2.24) is 0 Å². The average Bonchev–Trinajstić information content (AvgIpc) is 2.37. The molecular formula is C9H16O2. The predicted octanol–water partition coefficient (Wildman–Crippen LogP) is 1.47. The summed E-state index contributed by atoms with van der Waals surface area (Å²) in [6.07, 6.45) is 6.53. The predicted molar refractivity (Wildman–Crippen MR) is 42.4 cm³/mol. The summed E-state index contributed by atoms with van der Waals surface area (Å²) < 4.78 is 5.74. The summed E-state index contributed by atoms with van der Waals surface area (Å²) in [5, 5.41) is 9.45. The number of aliphatic hydroxyl groups excluding tert-OH is 1. The van der Waals surface area contributed by atoms with Gasteiger partial charge >= 0.3 is 0 Å². The minimum Gasteiger partial charge on any atom is -0.393 e. The Kier molecular flexibility index (Phi) is 1.90. The maximum absolute atomic E-state index is 9.45. The molecule has 1 aliphatic heterocycles. The molecular weight excluding hydrogens is 140 g/mol. The van der Waals surface area contributed by atoms with Crippen molar-refractivity contribution in [3.05, 3.63) is 0 Å². The molecule has 0 bridgehead atoms. The van der Waals surface area contributed by atoms with Crippen molar-refractivity contribution in [2.45, 2.75) is 50.2 Å². The van der Waals surface area contributed by atoms with Crippen molar-refractivity contribution in [1.29, 1.82) is 0 Å². The Morgan fingerprint density at radius 1 is 1.27 bits per heavy atom. The molecule has 0 aromatic heterocycles. The summed E-state index contributed by atoms with van der Waals surface area (Å²) in [7, 11) is 0. The van der Waals surface area contributed by atoms with Crippen LogP contribution >= 0.6 is 0 Å². The molecule has 2 heteroatoms. The number of ether oxygens (including phenoxy) is 1. The molecule has 0 aromatic rings.